The summed E-state index contributed by atoms with van der Waals surface area (Å²) < 4.78 is 20.1. The van der Waals surface area contributed by atoms with Gasteiger partial charge in [0.1, 0.15) is 6.04 Å². The molecular weight excluding hydrogens is 352 g/mol. The van der Waals surface area contributed by atoms with Crippen LogP contribution in [0.4, 0.5) is 0 Å². The first kappa shape index (κ1) is 20.3. The number of benzene rings is 1. The van der Waals surface area contributed by atoms with Crippen LogP contribution in [0.1, 0.15) is 43.6 Å². The lowest BCUT2D eigenvalue weighted by Crippen LogP contribution is -2.58. The van der Waals surface area contributed by atoms with E-state index in [2.05, 4.69) is 11.3 Å². The Morgan fingerprint density at radius 3 is 2.46 bits per heavy atom. The Hall–Kier alpha value is -1.99. The molecule has 0 radical (unpaired) electrons. The number of rotatable bonds is 5. The number of ether oxygens (including phenoxy) is 1. The van der Waals surface area contributed by atoms with Crippen molar-refractivity contribution in [3.8, 4) is 0 Å². The van der Waals surface area contributed by atoms with E-state index in [1.807, 2.05) is 6.07 Å². The maximum absolute atomic E-state index is 12.8. The van der Waals surface area contributed by atoms with Crippen molar-refractivity contribution in [1.82, 2.24) is 9.62 Å². The summed E-state index contributed by atoms with van der Waals surface area (Å²) in [6, 6.07) is 5.47. The zero-order valence-corrected chi connectivity index (χ0v) is 16.7. The van der Waals surface area contributed by atoms with Crippen LogP contribution >= 0.6 is 0 Å². The maximum atomic E-state index is 12.8. The minimum Gasteiger partial charge on any atom is -0.465 e. The summed E-state index contributed by atoms with van der Waals surface area (Å²) in [5.74, 6) is -0.772. The average molecular weight is 378 g/mol. The molecule has 3 atom stereocenters. The van der Waals surface area contributed by atoms with Gasteiger partial charge in [-0.1, -0.05) is 24.8 Å². The first-order valence-electron chi connectivity index (χ1n) is 8.49. The summed E-state index contributed by atoms with van der Waals surface area (Å²) in [7, 11) is 0.0910. The van der Waals surface area contributed by atoms with Gasteiger partial charge in [-0.2, -0.15) is 0 Å². The normalized spacial score (nSPS) is 19.7. The van der Waals surface area contributed by atoms with E-state index in [4.69, 9.17) is 4.74 Å². The zero-order chi connectivity index (χ0) is 19.6. The number of likely N-dealkylation sites (N-methyl/N-ethyl adjacent to an activating group) is 1. The molecule has 0 saturated carbocycles. The van der Waals surface area contributed by atoms with E-state index in [0.717, 1.165) is 0 Å². The van der Waals surface area contributed by atoms with E-state index >= 15 is 0 Å². The number of fused-ring (bicyclic) bond motifs is 1. The Balaban J connectivity index is 2.46. The molecule has 2 rings (SSSR count). The summed E-state index contributed by atoms with van der Waals surface area (Å²) >= 11 is 0. The SMILES string of the molecule is C=C1c2ccccc2C(=O)N(C)[C@@H]1[C@@H](N[S@](=O)C(C)(C)C)C(=O)OCC. The van der Waals surface area contributed by atoms with Gasteiger partial charge in [0.25, 0.3) is 5.91 Å². The van der Waals surface area contributed by atoms with E-state index < -0.39 is 33.8 Å². The molecule has 1 aliphatic heterocycles. The number of esters is 1. The fourth-order valence-electron chi connectivity index (χ4n) is 2.85. The topological polar surface area (TPSA) is 75.7 Å². The van der Waals surface area contributed by atoms with E-state index in [1.54, 1.807) is 52.9 Å². The number of nitrogens with zero attached hydrogens (tertiary/aromatic N) is 1. The molecule has 0 bridgehead atoms. The Kier molecular flexibility index (Phi) is 6.03. The first-order valence-corrected chi connectivity index (χ1v) is 9.64. The van der Waals surface area contributed by atoms with Gasteiger partial charge in [-0.05, 0) is 44.9 Å². The monoisotopic (exact) mass is 378 g/mol. The fourth-order valence-corrected chi connectivity index (χ4v) is 3.66. The van der Waals surface area contributed by atoms with Crippen molar-refractivity contribution in [2.24, 2.45) is 0 Å². The lowest BCUT2D eigenvalue weighted by Gasteiger charge is -2.39. The number of hydrogen-bond acceptors (Lipinski definition) is 4. The Morgan fingerprint density at radius 1 is 1.35 bits per heavy atom. The van der Waals surface area contributed by atoms with Gasteiger partial charge < -0.3 is 9.64 Å². The van der Waals surface area contributed by atoms with Crippen LogP contribution in [0, 0.1) is 0 Å². The third-order valence-electron chi connectivity index (χ3n) is 4.24. The molecule has 1 N–H and O–H groups in total. The number of amides is 1. The van der Waals surface area contributed by atoms with Crippen molar-refractivity contribution in [2.45, 2.75) is 44.5 Å². The van der Waals surface area contributed by atoms with Gasteiger partial charge >= 0.3 is 5.97 Å². The van der Waals surface area contributed by atoms with Crippen LogP contribution in [0.3, 0.4) is 0 Å². The molecule has 7 heteroatoms. The minimum atomic E-state index is -1.52. The van der Waals surface area contributed by atoms with Crippen LogP contribution in [0.15, 0.2) is 30.8 Å². The highest BCUT2D eigenvalue weighted by molar-refractivity contribution is 7.84. The van der Waals surface area contributed by atoms with Crippen molar-refractivity contribution in [2.75, 3.05) is 13.7 Å². The predicted octanol–water partition coefficient (Wildman–Crippen LogP) is 2.14. The standard InChI is InChI=1S/C19H26N2O4S/c1-7-25-18(23)15(20-26(24)19(3,4)5)16-12(2)13-10-8-9-11-14(13)17(22)21(16)6/h8-11,15-16,20H,2,7H2,1,3-6H3/t15-,16+,26-/m1/s1. The molecule has 1 aromatic rings. The number of hydrogen-bond donors (Lipinski definition) is 1. The molecule has 26 heavy (non-hydrogen) atoms. The van der Waals surface area contributed by atoms with Crippen molar-refractivity contribution in [1.29, 1.82) is 0 Å². The molecule has 1 aliphatic rings. The van der Waals surface area contributed by atoms with Gasteiger partial charge in [0.05, 0.1) is 28.4 Å². The highest BCUT2D eigenvalue weighted by Crippen LogP contribution is 2.32. The van der Waals surface area contributed by atoms with E-state index in [9.17, 15) is 13.8 Å². The smallest absolute Gasteiger partial charge is 0.326 e. The van der Waals surface area contributed by atoms with Crippen molar-refractivity contribution in [3.05, 3.63) is 42.0 Å². The molecule has 6 nitrogen and oxygen atoms in total. The molecule has 142 valence electrons. The molecule has 1 heterocycles. The summed E-state index contributed by atoms with van der Waals surface area (Å²) in [5.41, 5.74) is 1.84. The predicted molar refractivity (Wildman–Crippen MR) is 103 cm³/mol. The third kappa shape index (κ3) is 3.88. The molecule has 0 unspecified atom stereocenters. The number of carbonyl (C=O) groups excluding carboxylic acids is 2. The quantitative estimate of drug-likeness (QED) is 0.797. The van der Waals surface area contributed by atoms with Gasteiger partial charge in [0.15, 0.2) is 0 Å². The number of carbonyl (C=O) groups is 2. The van der Waals surface area contributed by atoms with Crippen LogP contribution < -0.4 is 4.72 Å². The third-order valence-corrected chi connectivity index (χ3v) is 5.82. The van der Waals surface area contributed by atoms with Gasteiger partial charge in [0.2, 0.25) is 0 Å². The summed E-state index contributed by atoms with van der Waals surface area (Å²) in [5, 5.41) is 0. The van der Waals surface area contributed by atoms with Gasteiger partial charge in [-0.3, -0.25) is 9.59 Å². The second-order valence-corrected chi connectivity index (χ2v) is 9.16. The van der Waals surface area contributed by atoms with E-state index in [0.29, 0.717) is 16.7 Å². The average Bonchev–Trinajstić information content (AvgIpc) is 2.58. The van der Waals surface area contributed by atoms with Gasteiger partial charge in [-0.25, -0.2) is 8.93 Å². The molecule has 0 saturated heterocycles. The molecule has 0 spiro atoms. The Morgan fingerprint density at radius 2 is 1.92 bits per heavy atom. The molecule has 1 aromatic carbocycles. The lowest BCUT2D eigenvalue weighted by atomic mass is 9.86. The van der Waals surface area contributed by atoms with Crippen LogP contribution in [0.5, 0.6) is 0 Å². The summed E-state index contributed by atoms with van der Waals surface area (Å²) in [6.45, 7) is 11.4. The zero-order valence-electron chi connectivity index (χ0n) is 15.9. The minimum absolute atomic E-state index is 0.187. The van der Waals surface area contributed by atoms with Gasteiger partial charge in [0, 0.05) is 12.6 Å². The highest BCUT2D eigenvalue weighted by atomic mass is 32.2. The van der Waals surface area contributed by atoms with Gasteiger partial charge in [-0.15, -0.1) is 0 Å². The van der Waals surface area contributed by atoms with Crippen LogP contribution in [-0.2, 0) is 20.5 Å². The van der Waals surface area contributed by atoms with Crippen LogP contribution in [0.2, 0.25) is 0 Å². The molecule has 0 aliphatic carbocycles. The largest absolute Gasteiger partial charge is 0.465 e. The highest BCUT2D eigenvalue weighted by Gasteiger charge is 2.43. The van der Waals surface area contributed by atoms with Crippen molar-refractivity contribution >= 4 is 28.4 Å². The van der Waals surface area contributed by atoms with Crippen molar-refractivity contribution in [3.63, 3.8) is 0 Å². The molecule has 0 fully saturated rings. The summed E-state index contributed by atoms with van der Waals surface area (Å²) in [6.07, 6.45) is 0. The van der Waals surface area contributed by atoms with Crippen LogP contribution in [0.25, 0.3) is 5.57 Å². The second kappa shape index (κ2) is 7.72. The fraction of sp³-hybridized carbons (Fsp3) is 0.474. The van der Waals surface area contributed by atoms with Crippen molar-refractivity contribution < 1.29 is 18.5 Å². The Labute approximate surface area is 157 Å². The number of nitrogens with one attached hydrogen (secondary N) is 1. The molecule has 1 amide bonds. The first-order chi connectivity index (χ1) is 12.1. The van der Waals surface area contributed by atoms with E-state index in [-0.39, 0.29) is 12.5 Å². The lowest BCUT2D eigenvalue weighted by molar-refractivity contribution is -0.146. The molecule has 0 aromatic heterocycles. The Bertz CT molecular complexity index is 754. The maximum Gasteiger partial charge on any atom is 0.326 e. The molecular formula is C19H26N2O4S. The van der Waals surface area contributed by atoms with E-state index in [1.165, 1.54) is 4.90 Å². The second-order valence-electron chi connectivity index (χ2n) is 7.16. The summed E-state index contributed by atoms with van der Waals surface area (Å²) in [4.78, 5) is 26.8. The van der Waals surface area contributed by atoms with Crippen LogP contribution in [-0.4, -0.2) is 51.5 Å².